The van der Waals surface area contributed by atoms with Gasteiger partial charge in [0, 0.05) is 0 Å². The number of nitrogens with zero attached hydrogens (tertiary/aromatic N) is 2. The molecule has 0 fully saturated rings. The summed E-state index contributed by atoms with van der Waals surface area (Å²) < 4.78 is 7.31. The van der Waals surface area contributed by atoms with E-state index in [0.717, 1.165) is 13.2 Å². The number of hydrogen-bond donors (Lipinski definition) is 0. The highest BCUT2D eigenvalue weighted by Crippen LogP contribution is 2.29. The van der Waals surface area contributed by atoms with E-state index >= 15 is 0 Å². The largest absolute Gasteiger partial charge is 0.429 e. The van der Waals surface area contributed by atoms with Crippen molar-refractivity contribution in [1.82, 2.24) is 10.2 Å². The van der Waals surface area contributed by atoms with Gasteiger partial charge in [0.25, 0.3) is 5.19 Å². The molecule has 2 rings (SSSR count). The quantitative estimate of drug-likeness (QED) is 0.743. The molecule has 2 aromatic rings. The lowest BCUT2D eigenvalue weighted by molar-refractivity contribution is 0.470. The number of ether oxygens (including phenoxy) is 1. The molecule has 3 nitrogen and oxygen atoms in total. The van der Waals surface area contributed by atoms with Crippen LogP contribution in [0.3, 0.4) is 0 Å². The fourth-order valence-corrected chi connectivity index (χ4v) is 2.29. The molecular weight excluding hydrogens is 379 g/mol. The smallest absolute Gasteiger partial charge is 0.300 e. The lowest BCUT2D eigenvalue weighted by Gasteiger charge is -2.01. The number of para-hydroxylation sites is 1. The minimum atomic E-state index is 0.543. The summed E-state index contributed by atoms with van der Waals surface area (Å²) in [6.07, 6.45) is 0. The van der Waals surface area contributed by atoms with Crippen LogP contribution in [0.25, 0.3) is 0 Å². The Balaban J connectivity index is 2.23. The highest BCUT2D eigenvalue weighted by Gasteiger charge is 2.05. The van der Waals surface area contributed by atoms with Crippen LogP contribution >= 0.6 is 49.9 Å². The van der Waals surface area contributed by atoms with Crippen molar-refractivity contribution in [3.63, 3.8) is 0 Å². The topological polar surface area (TPSA) is 35.0 Å². The molecule has 0 atom stereocenters. The van der Waals surface area contributed by atoms with Crippen LogP contribution in [-0.4, -0.2) is 10.2 Å². The van der Waals surface area contributed by atoms with E-state index in [-0.39, 0.29) is 0 Å². The lowest BCUT2D eigenvalue weighted by atomic mass is 10.3. The SMILES string of the molecule is Brc1nnc(Oc2ccccc2I)s1. The van der Waals surface area contributed by atoms with Gasteiger partial charge in [-0.05, 0) is 62.0 Å². The molecule has 1 aromatic carbocycles. The Kier molecular flexibility index (Phi) is 3.34. The van der Waals surface area contributed by atoms with Crippen molar-refractivity contribution in [2.45, 2.75) is 0 Å². The maximum atomic E-state index is 5.54. The van der Waals surface area contributed by atoms with Gasteiger partial charge in [0.05, 0.1) is 3.57 Å². The van der Waals surface area contributed by atoms with Crippen molar-refractivity contribution >= 4 is 49.9 Å². The molecule has 0 bridgehead atoms. The second kappa shape index (κ2) is 4.54. The molecule has 1 heterocycles. The standard InChI is InChI=1S/C8H4BrIN2OS/c9-7-11-12-8(14-7)13-6-4-2-1-3-5(6)10/h1-4H. The first kappa shape index (κ1) is 10.3. The predicted octanol–water partition coefficient (Wildman–Crippen LogP) is 3.70. The molecule has 6 heteroatoms. The Morgan fingerprint density at radius 2 is 2.07 bits per heavy atom. The van der Waals surface area contributed by atoms with Gasteiger partial charge in [-0.2, -0.15) is 0 Å². The van der Waals surface area contributed by atoms with Crippen molar-refractivity contribution in [2.75, 3.05) is 0 Å². The molecule has 0 spiro atoms. The molecule has 0 saturated heterocycles. The fraction of sp³-hybridized carbons (Fsp3) is 0. The van der Waals surface area contributed by atoms with Gasteiger partial charge in [-0.3, -0.25) is 0 Å². The zero-order valence-corrected chi connectivity index (χ0v) is 11.3. The maximum Gasteiger partial charge on any atom is 0.300 e. The summed E-state index contributed by atoms with van der Waals surface area (Å²) in [5.41, 5.74) is 0. The molecule has 0 aliphatic carbocycles. The van der Waals surface area contributed by atoms with Gasteiger partial charge < -0.3 is 4.74 Å². The van der Waals surface area contributed by atoms with Crippen molar-refractivity contribution in [3.8, 4) is 10.9 Å². The average molecular weight is 383 g/mol. The van der Waals surface area contributed by atoms with Gasteiger partial charge in [-0.15, -0.1) is 5.10 Å². The molecule has 0 aliphatic heterocycles. The zero-order chi connectivity index (χ0) is 9.97. The van der Waals surface area contributed by atoms with Crippen molar-refractivity contribution < 1.29 is 4.74 Å². The van der Waals surface area contributed by atoms with Crippen molar-refractivity contribution in [2.24, 2.45) is 0 Å². The second-order valence-corrected chi connectivity index (χ2v) is 5.73. The average Bonchev–Trinajstić information content (AvgIpc) is 2.56. The first-order valence-electron chi connectivity index (χ1n) is 3.67. The number of aromatic nitrogens is 2. The molecule has 0 unspecified atom stereocenters. The normalized spacial score (nSPS) is 10.1. The summed E-state index contributed by atoms with van der Waals surface area (Å²) in [5.74, 6) is 0.803. The van der Waals surface area contributed by atoms with Crippen LogP contribution in [0.2, 0.25) is 0 Å². The highest BCUT2D eigenvalue weighted by molar-refractivity contribution is 14.1. The molecule has 0 radical (unpaired) electrons. The van der Waals surface area contributed by atoms with Crippen LogP contribution < -0.4 is 4.74 Å². The van der Waals surface area contributed by atoms with Gasteiger partial charge in [-0.1, -0.05) is 17.2 Å². The van der Waals surface area contributed by atoms with E-state index in [1.165, 1.54) is 11.3 Å². The van der Waals surface area contributed by atoms with E-state index in [2.05, 4.69) is 48.7 Å². The Morgan fingerprint density at radius 1 is 1.29 bits per heavy atom. The van der Waals surface area contributed by atoms with Crippen LogP contribution in [0.4, 0.5) is 0 Å². The van der Waals surface area contributed by atoms with Crippen molar-refractivity contribution in [1.29, 1.82) is 0 Å². The van der Waals surface area contributed by atoms with Crippen LogP contribution in [0.1, 0.15) is 0 Å². The third-order valence-corrected chi connectivity index (χ3v) is 3.54. The van der Waals surface area contributed by atoms with E-state index in [1.54, 1.807) is 0 Å². The monoisotopic (exact) mass is 382 g/mol. The minimum absolute atomic E-state index is 0.543. The number of rotatable bonds is 2. The zero-order valence-electron chi connectivity index (χ0n) is 6.78. The fourth-order valence-electron chi connectivity index (χ4n) is 0.856. The third kappa shape index (κ3) is 2.43. The number of hydrogen-bond acceptors (Lipinski definition) is 4. The van der Waals surface area contributed by atoms with E-state index in [4.69, 9.17) is 4.74 Å². The van der Waals surface area contributed by atoms with E-state index in [1.807, 2.05) is 24.3 Å². The number of halogens is 2. The summed E-state index contributed by atoms with van der Waals surface area (Å²) in [6, 6.07) is 7.77. The summed E-state index contributed by atoms with van der Waals surface area (Å²) in [4.78, 5) is 0. The Bertz CT molecular complexity index is 448. The molecular formula is C8H4BrIN2OS. The summed E-state index contributed by atoms with van der Waals surface area (Å²) in [6.45, 7) is 0. The van der Waals surface area contributed by atoms with Crippen LogP contribution in [-0.2, 0) is 0 Å². The first-order valence-corrected chi connectivity index (χ1v) is 6.36. The van der Waals surface area contributed by atoms with Crippen LogP contribution in [0, 0.1) is 3.57 Å². The van der Waals surface area contributed by atoms with Gasteiger partial charge in [0.2, 0.25) is 0 Å². The van der Waals surface area contributed by atoms with Crippen LogP contribution in [0.5, 0.6) is 10.9 Å². The van der Waals surface area contributed by atoms with E-state index in [0.29, 0.717) is 5.19 Å². The Morgan fingerprint density at radius 3 is 2.71 bits per heavy atom. The molecule has 1 aromatic heterocycles. The van der Waals surface area contributed by atoms with Crippen molar-refractivity contribution in [3.05, 3.63) is 31.8 Å². The molecule has 0 amide bonds. The Labute approximate surface area is 107 Å². The molecule has 72 valence electrons. The second-order valence-electron chi connectivity index (χ2n) is 2.35. The third-order valence-electron chi connectivity index (χ3n) is 1.42. The first-order chi connectivity index (χ1) is 6.75. The van der Waals surface area contributed by atoms with Gasteiger partial charge in [-0.25, -0.2) is 0 Å². The van der Waals surface area contributed by atoms with Gasteiger partial charge in [0.1, 0.15) is 5.75 Å². The summed E-state index contributed by atoms with van der Waals surface area (Å²) in [7, 11) is 0. The lowest BCUT2D eigenvalue weighted by Crippen LogP contribution is -1.85. The minimum Gasteiger partial charge on any atom is -0.429 e. The molecule has 0 aliphatic rings. The van der Waals surface area contributed by atoms with E-state index < -0.39 is 0 Å². The van der Waals surface area contributed by atoms with Crippen LogP contribution in [0.15, 0.2) is 28.2 Å². The summed E-state index contributed by atoms with van der Waals surface area (Å²) in [5, 5.41) is 8.19. The predicted molar refractivity (Wildman–Crippen MR) is 66.8 cm³/mol. The Hall–Kier alpha value is -0.210. The van der Waals surface area contributed by atoms with E-state index in [9.17, 15) is 0 Å². The maximum absolute atomic E-state index is 5.54. The molecule has 14 heavy (non-hydrogen) atoms. The highest BCUT2D eigenvalue weighted by atomic mass is 127. The van der Waals surface area contributed by atoms with Gasteiger partial charge in [0.15, 0.2) is 3.92 Å². The molecule has 0 saturated carbocycles. The number of benzene rings is 1. The molecule has 0 N–H and O–H groups in total. The summed E-state index contributed by atoms with van der Waals surface area (Å²) >= 11 is 6.80. The van der Waals surface area contributed by atoms with Gasteiger partial charge >= 0.3 is 0 Å².